The number of carbonyl (C=O) groups is 1. The van der Waals surface area contributed by atoms with Crippen LogP contribution in [0.15, 0.2) is 18.2 Å². The number of aryl methyl sites for hydroxylation is 1. The van der Waals surface area contributed by atoms with Gasteiger partial charge in [-0.15, -0.1) is 0 Å². The fourth-order valence-corrected chi connectivity index (χ4v) is 1.46. The molecule has 94 valence electrons. The van der Waals surface area contributed by atoms with Crippen molar-refractivity contribution in [3.05, 3.63) is 23.8 Å². The Kier molecular flexibility index (Phi) is 4.97. The van der Waals surface area contributed by atoms with Crippen molar-refractivity contribution < 1.29 is 9.90 Å². The summed E-state index contributed by atoms with van der Waals surface area (Å²) in [5.41, 5.74) is 6.94. The van der Waals surface area contributed by atoms with Crippen molar-refractivity contribution in [2.45, 2.75) is 26.7 Å². The maximum Gasteiger partial charge on any atom is 0.224 e. The van der Waals surface area contributed by atoms with Crippen LogP contribution < -0.4 is 11.1 Å². The Labute approximate surface area is 102 Å². The fourth-order valence-electron chi connectivity index (χ4n) is 1.46. The number of rotatable bonds is 5. The van der Waals surface area contributed by atoms with E-state index < -0.39 is 0 Å². The number of amides is 1. The summed E-state index contributed by atoms with van der Waals surface area (Å²) >= 11 is 0. The van der Waals surface area contributed by atoms with Crippen LogP contribution in [0.3, 0.4) is 0 Å². The Balaban J connectivity index is 2.53. The van der Waals surface area contributed by atoms with Crippen LogP contribution in [0.1, 0.15) is 25.3 Å². The third-order valence-corrected chi connectivity index (χ3v) is 2.69. The van der Waals surface area contributed by atoms with Gasteiger partial charge in [-0.25, -0.2) is 0 Å². The molecule has 4 heteroatoms. The number of hydrogen-bond acceptors (Lipinski definition) is 3. The minimum Gasteiger partial charge on any atom is -0.506 e. The number of hydrogen-bond donors (Lipinski definition) is 3. The SMILES string of the molecule is Cc1ccc(O)c(NC(=O)CCC(C)CN)c1. The summed E-state index contributed by atoms with van der Waals surface area (Å²) in [5, 5.41) is 12.3. The molecule has 0 aliphatic heterocycles. The standard InChI is InChI=1S/C13H20N2O2/c1-9-3-5-12(16)11(7-9)15-13(17)6-4-10(2)8-14/h3,5,7,10,16H,4,6,8,14H2,1-2H3,(H,15,17). The topological polar surface area (TPSA) is 75.3 Å². The van der Waals surface area contributed by atoms with Gasteiger partial charge in [0.1, 0.15) is 5.75 Å². The van der Waals surface area contributed by atoms with E-state index in [1.807, 2.05) is 13.8 Å². The Morgan fingerprint density at radius 2 is 2.24 bits per heavy atom. The molecular weight excluding hydrogens is 216 g/mol. The van der Waals surface area contributed by atoms with Crippen LogP contribution >= 0.6 is 0 Å². The number of carbonyl (C=O) groups excluding carboxylic acids is 1. The van der Waals surface area contributed by atoms with E-state index in [1.165, 1.54) is 0 Å². The second kappa shape index (κ2) is 6.25. The quantitative estimate of drug-likeness (QED) is 0.684. The van der Waals surface area contributed by atoms with Crippen LogP contribution in [0, 0.1) is 12.8 Å². The Bertz CT molecular complexity index is 391. The van der Waals surface area contributed by atoms with Gasteiger partial charge in [0.2, 0.25) is 5.91 Å². The van der Waals surface area contributed by atoms with E-state index in [-0.39, 0.29) is 11.7 Å². The molecule has 1 aromatic rings. The molecule has 17 heavy (non-hydrogen) atoms. The predicted molar refractivity (Wildman–Crippen MR) is 68.9 cm³/mol. The van der Waals surface area contributed by atoms with Gasteiger partial charge < -0.3 is 16.2 Å². The lowest BCUT2D eigenvalue weighted by atomic mass is 10.1. The molecule has 0 saturated carbocycles. The van der Waals surface area contributed by atoms with Gasteiger partial charge in [-0.3, -0.25) is 4.79 Å². The van der Waals surface area contributed by atoms with E-state index in [9.17, 15) is 9.90 Å². The van der Waals surface area contributed by atoms with Crippen LogP contribution in [0.2, 0.25) is 0 Å². The minimum absolute atomic E-state index is 0.0915. The highest BCUT2D eigenvalue weighted by molar-refractivity contribution is 5.92. The van der Waals surface area contributed by atoms with Crippen LogP contribution in [0.4, 0.5) is 5.69 Å². The lowest BCUT2D eigenvalue weighted by Crippen LogP contribution is -2.16. The molecule has 0 heterocycles. The van der Waals surface area contributed by atoms with Gasteiger partial charge in [0.15, 0.2) is 0 Å². The van der Waals surface area contributed by atoms with Gasteiger partial charge in [0, 0.05) is 6.42 Å². The maximum atomic E-state index is 11.6. The predicted octanol–water partition coefficient (Wildman–Crippen LogP) is 2.01. The van der Waals surface area contributed by atoms with E-state index in [4.69, 9.17) is 5.73 Å². The van der Waals surface area contributed by atoms with Crippen molar-refractivity contribution in [2.75, 3.05) is 11.9 Å². The van der Waals surface area contributed by atoms with Crippen LogP contribution in [-0.2, 0) is 4.79 Å². The molecule has 0 saturated heterocycles. The van der Waals surface area contributed by atoms with Crippen molar-refractivity contribution in [3.8, 4) is 5.75 Å². The molecule has 0 aliphatic rings. The molecule has 0 spiro atoms. The highest BCUT2D eigenvalue weighted by atomic mass is 16.3. The van der Waals surface area contributed by atoms with Gasteiger partial charge in [-0.1, -0.05) is 13.0 Å². The Hall–Kier alpha value is -1.55. The van der Waals surface area contributed by atoms with Crippen molar-refractivity contribution >= 4 is 11.6 Å². The molecule has 0 aliphatic carbocycles. The summed E-state index contributed by atoms with van der Waals surface area (Å²) in [5.74, 6) is 0.342. The van der Waals surface area contributed by atoms with E-state index in [0.717, 1.165) is 12.0 Å². The summed E-state index contributed by atoms with van der Waals surface area (Å²) < 4.78 is 0. The number of benzene rings is 1. The van der Waals surface area contributed by atoms with Gasteiger partial charge in [-0.05, 0) is 43.5 Å². The summed E-state index contributed by atoms with van der Waals surface area (Å²) in [4.78, 5) is 11.6. The number of nitrogens with one attached hydrogen (secondary N) is 1. The van der Waals surface area contributed by atoms with E-state index in [2.05, 4.69) is 5.32 Å². The molecule has 1 rings (SSSR count). The molecule has 0 radical (unpaired) electrons. The summed E-state index contributed by atoms with van der Waals surface area (Å²) in [6, 6.07) is 5.12. The van der Waals surface area contributed by atoms with E-state index >= 15 is 0 Å². The molecule has 4 nitrogen and oxygen atoms in total. The largest absolute Gasteiger partial charge is 0.506 e. The lowest BCUT2D eigenvalue weighted by molar-refractivity contribution is -0.116. The van der Waals surface area contributed by atoms with E-state index in [1.54, 1.807) is 18.2 Å². The number of phenols is 1. The number of anilines is 1. The zero-order valence-corrected chi connectivity index (χ0v) is 10.4. The second-order valence-electron chi connectivity index (χ2n) is 4.45. The Morgan fingerprint density at radius 3 is 2.88 bits per heavy atom. The molecule has 1 atom stereocenters. The average molecular weight is 236 g/mol. The number of aromatic hydroxyl groups is 1. The highest BCUT2D eigenvalue weighted by Gasteiger charge is 2.08. The zero-order chi connectivity index (χ0) is 12.8. The van der Waals surface area contributed by atoms with Crippen molar-refractivity contribution in [2.24, 2.45) is 11.7 Å². The third-order valence-electron chi connectivity index (χ3n) is 2.69. The normalized spacial score (nSPS) is 12.2. The van der Waals surface area contributed by atoms with Crippen LogP contribution in [-0.4, -0.2) is 17.6 Å². The Morgan fingerprint density at radius 1 is 1.53 bits per heavy atom. The lowest BCUT2D eigenvalue weighted by Gasteiger charge is -2.10. The van der Waals surface area contributed by atoms with E-state index in [0.29, 0.717) is 24.6 Å². The first-order valence-electron chi connectivity index (χ1n) is 5.82. The first-order valence-corrected chi connectivity index (χ1v) is 5.82. The third kappa shape index (κ3) is 4.44. The van der Waals surface area contributed by atoms with Crippen LogP contribution in [0.25, 0.3) is 0 Å². The molecule has 4 N–H and O–H groups in total. The number of phenolic OH excluding ortho intramolecular Hbond substituents is 1. The molecule has 0 aromatic heterocycles. The first-order chi connectivity index (χ1) is 8.02. The first kappa shape index (κ1) is 13.5. The van der Waals surface area contributed by atoms with Crippen molar-refractivity contribution in [1.29, 1.82) is 0 Å². The second-order valence-corrected chi connectivity index (χ2v) is 4.45. The summed E-state index contributed by atoms with van der Waals surface area (Å²) in [6.45, 7) is 4.51. The minimum atomic E-state index is -0.0915. The molecule has 0 bridgehead atoms. The van der Waals surface area contributed by atoms with Crippen molar-refractivity contribution in [1.82, 2.24) is 0 Å². The monoisotopic (exact) mass is 236 g/mol. The highest BCUT2D eigenvalue weighted by Crippen LogP contribution is 2.24. The summed E-state index contributed by atoms with van der Waals surface area (Å²) in [7, 11) is 0. The van der Waals surface area contributed by atoms with Crippen LogP contribution in [0.5, 0.6) is 5.75 Å². The molecule has 1 aromatic carbocycles. The summed E-state index contributed by atoms with van der Waals surface area (Å²) in [6.07, 6.45) is 1.18. The maximum absolute atomic E-state index is 11.6. The smallest absolute Gasteiger partial charge is 0.224 e. The van der Waals surface area contributed by atoms with Crippen molar-refractivity contribution in [3.63, 3.8) is 0 Å². The zero-order valence-electron chi connectivity index (χ0n) is 10.4. The van der Waals surface area contributed by atoms with Gasteiger partial charge >= 0.3 is 0 Å². The van der Waals surface area contributed by atoms with Gasteiger partial charge in [0.25, 0.3) is 0 Å². The van der Waals surface area contributed by atoms with Gasteiger partial charge in [-0.2, -0.15) is 0 Å². The average Bonchev–Trinajstić information content (AvgIpc) is 2.30. The number of nitrogens with two attached hydrogens (primary N) is 1. The fraction of sp³-hybridized carbons (Fsp3) is 0.462. The molecular formula is C13H20N2O2. The molecule has 1 amide bonds. The molecule has 1 unspecified atom stereocenters. The van der Waals surface area contributed by atoms with Gasteiger partial charge in [0.05, 0.1) is 5.69 Å². The molecule has 0 fully saturated rings.